The average molecular weight is 306 g/mol. The fourth-order valence-electron chi connectivity index (χ4n) is 2.01. The molecule has 1 atom stereocenters. The van der Waals surface area contributed by atoms with Crippen LogP contribution in [-0.2, 0) is 9.59 Å². The molecular weight excluding hydrogens is 284 g/mol. The Morgan fingerprint density at radius 1 is 1.18 bits per heavy atom. The van der Waals surface area contributed by atoms with Crippen LogP contribution in [0, 0.1) is 0 Å². The standard InChI is InChI=1S/C16H22N2O4/c1-3-4-8-11-18(16(21)22)15(20)14(19)17-12(2)13-9-6-5-7-10-13/h5-7,9-10,12H,3-4,8,11H2,1-2H3,(H,17,19)(H,21,22)/t12-/m1/s1. The first-order valence-corrected chi connectivity index (χ1v) is 7.37. The highest BCUT2D eigenvalue weighted by Gasteiger charge is 2.27. The normalized spacial score (nSPS) is 11.5. The monoisotopic (exact) mass is 306 g/mol. The Bertz CT molecular complexity index is 516. The summed E-state index contributed by atoms with van der Waals surface area (Å²) in [6.45, 7) is 3.75. The number of carbonyl (C=O) groups is 3. The topological polar surface area (TPSA) is 86.7 Å². The van der Waals surface area contributed by atoms with Crippen LogP contribution in [0.1, 0.15) is 44.7 Å². The summed E-state index contributed by atoms with van der Waals surface area (Å²) >= 11 is 0. The first-order valence-electron chi connectivity index (χ1n) is 7.37. The number of nitrogens with zero attached hydrogens (tertiary/aromatic N) is 1. The highest BCUT2D eigenvalue weighted by molar-refractivity contribution is 6.37. The van der Waals surface area contributed by atoms with Gasteiger partial charge in [-0.25, -0.2) is 9.69 Å². The molecule has 0 spiro atoms. The number of benzene rings is 1. The fraction of sp³-hybridized carbons (Fsp3) is 0.438. The van der Waals surface area contributed by atoms with Crippen molar-refractivity contribution >= 4 is 17.9 Å². The first-order chi connectivity index (χ1) is 10.5. The molecule has 22 heavy (non-hydrogen) atoms. The highest BCUT2D eigenvalue weighted by atomic mass is 16.4. The van der Waals surface area contributed by atoms with Crippen LogP contribution >= 0.6 is 0 Å². The van der Waals surface area contributed by atoms with Gasteiger partial charge in [0.25, 0.3) is 0 Å². The van der Waals surface area contributed by atoms with Gasteiger partial charge in [-0.2, -0.15) is 0 Å². The van der Waals surface area contributed by atoms with E-state index in [1.807, 2.05) is 37.3 Å². The zero-order valence-corrected chi connectivity index (χ0v) is 12.9. The number of carboxylic acid groups (broad SMARTS) is 1. The third-order valence-electron chi connectivity index (χ3n) is 3.30. The molecule has 6 nitrogen and oxygen atoms in total. The van der Waals surface area contributed by atoms with Gasteiger partial charge in [-0.15, -0.1) is 0 Å². The molecule has 2 N–H and O–H groups in total. The summed E-state index contributed by atoms with van der Waals surface area (Å²) in [5.41, 5.74) is 0.844. The molecule has 0 radical (unpaired) electrons. The van der Waals surface area contributed by atoms with E-state index < -0.39 is 17.9 Å². The van der Waals surface area contributed by atoms with E-state index in [2.05, 4.69) is 5.32 Å². The largest absolute Gasteiger partial charge is 0.465 e. The van der Waals surface area contributed by atoms with Crippen LogP contribution in [-0.4, -0.2) is 34.5 Å². The summed E-state index contributed by atoms with van der Waals surface area (Å²) in [4.78, 5) is 35.6. The van der Waals surface area contributed by atoms with Crippen molar-refractivity contribution in [1.29, 1.82) is 0 Å². The van der Waals surface area contributed by atoms with Gasteiger partial charge in [0.1, 0.15) is 0 Å². The van der Waals surface area contributed by atoms with E-state index in [1.165, 1.54) is 0 Å². The Morgan fingerprint density at radius 3 is 2.36 bits per heavy atom. The van der Waals surface area contributed by atoms with Crippen LogP contribution in [0.2, 0.25) is 0 Å². The van der Waals surface area contributed by atoms with Gasteiger partial charge < -0.3 is 10.4 Å². The van der Waals surface area contributed by atoms with Crippen LogP contribution in [0.5, 0.6) is 0 Å². The summed E-state index contributed by atoms with van der Waals surface area (Å²) in [5.74, 6) is -1.94. The second kappa shape index (κ2) is 8.81. The molecule has 0 fully saturated rings. The van der Waals surface area contributed by atoms with E-state index in [1.54, 1.807) is 6.92 Å². The molecular formula is C16H22N2O4. The first kappa shape index (κ1) is 17.7. The lowest BCUT2D eigenvalue weighted by Gasteiger charge is -2.19. The summed E-state index contributed by atoms with van der Waals surface area (Å²) < 4.78 is 0. The van der Waals surface area contributed by atoms with Crippen molar-refractivity contribution in [3.8, 4) is 0 Å². The van der Waals surface area contributed by atoms with Gasteiger partial charge in [0, 0.05) is 6.54 Å². The van der Waals surface area contributed by atoms with E-state index in [9.17, 15) is 14.4 Å². The lowest BCUT2D eigenvalue weighted by Crippen LogP contribution is -2.46. The average Bonchev–Trinajstić information content (AvgIpc) is 2.51. The maximum absolute atomic E-state index is 12.0. The van der Waals surface area contributed by atoms with Crippen LogP contribution in [0.4, 0.5) is 4.79 Å². The van der Waals surface area contributed by atoms with Crippen molar-refractivity contribution in [3.05, 3.63) is 35.9 Å². The summed E-state index contributed by atoms with van der Waals surface area (Å²) in [6, 6.07) is 8.78. The zero-order valence-electron chi connectivity index (χ0n) is 12.9. The van der Waals surface area contributed by atoms with Crippen LogP contribution < -0.4 is 5.32 Å². The fourth-order valence-corrected chi connectivity index (χ4v) is 2.01. The summed E-state index contributed by atoms with van der Waals surface area (Å²) in [6.07, 6.45) is 0.859. The SMILES string of the molecule is CCCCCN(C(=O)O)C(=O)C(=O)N[C@H](C)c1ccccc1. The summed E-state index contributed by atoms with van der Waals surface area (Å²) in [7, 11) is 0. The predicted molar refractivity (Wildman–Crippen MR) is 82.3 cm³/mol. The maximum atomic E-state index is 12.0. The third-order valence-corrected chi connectivity index (χ3v) is 3.30. The molecule has 0 unspecified atom stereocenters. The summed E-state index contributed by atoms with van der Waals surface area (Å²) in [5, 5.41) is 11.6. The minimum Gasteiger partial charge on any atom is -0.465 e. The molecule has 0 aliphatic rings. The van der Waals surface area contributed by atoms with Gasteiger partial charge in [-0.1, -0.05) is 50.1 Å². The maximum Gasteiger partial charge on any atom is 0.414 e. The number of hydrogen-bond acceptors (Lipinski definition) is 3. The van der Waals surface area contributed by atoms with Crippen molar-refractivity contribution in [2.75, 3.05) is 6.54 Å². The van der Waals surface area contributed by atoms with Crippen LogP contribution in [0.25, 0.3) is 0 Å². The van der Waals surface area contributed by atoms with Crippen molar-refractivity contribution in [3.63, 3.8) is 0 Å². The van der Waals surface area contributed by atoms with E-state index in [4.69, 9.17) is 5.11 Å². The van der Waals surface area contributed by atoms with E-state index in [0.717, 1.165) is 18.4 Å². The number of hydrogen-bond donors (Lipinski definition) is 2. The lowest BCUT2D eigenvalue weighted by molar-refractivity contribution is -0.144. The van der Waals surface area contributed by atoms with Crippen LogP contribution in [0.15, 0.2) is 30.3 Å². The molecule has 0 heterocycles. The Hall–Kier alpha value is -2.37. The Kier molecular flexibility index (Phi) is 7.08. The molecule has 3 amide bonds. The Balaban J connectivity index is 2.65. The highest BCUT2D eigenvalue weighted by Crippen LogP contribution is 2.11. The zero-order chi connectivity index (χ0) is 16.5. The minimum atomic E-state index is -1.40. The van der Waals surface area contributed by atoms with Crippen LogP contribution in [0.3, 0.4) is 0 Å². The number of rotatable bonds is 6. The number of unbranched alkanes of at least 4 members (excludes halogenated alkanes) is 2. The van der Waals surface area contributed by atoms with E-state index in [0.29, 0.717) is 11.3 Å². The molecule has 0 aliphatic heterocycles. The number of amides is 3. The number of imide groups is 1. The van der Waals surface area contributed by atoms with Gasteiger partial charge in [0.2, 0.25) is 0 Å². The van der Waals surface area contributed by atoms with Crippen molar-refractivity contribution in [2.24, 2.45) is 0 Å². The molecule has 1 aromatic rings. The smallest absolute Gasteiger partial charge is 0.414 e. The van der Waals surface area contributed by atoms with E-state index >= 15 is 0 Å². The van der Waals surface area contributed by atoms with Gasteiger partial charge in [-0.05, 0) is 18.9 Å². The molecule has 1 rings (SSSR count). The van der Waals surface area contributed by atoms with Gasteiger partial charge >= 0.3 is 17.9 Å². The third kappa shape index (κ3) is 5.20. The van der Waals surface area contributed by atoms with Crippen molar-refractivity contribution in [1.82, 2.24) is 10.2 Å². The molecule has 1 aromatic carbocycles. The van der Waals surface area contributed by atoms with Gasteiger partial charge in [0.05, 0.1) is 6.04 Å². The molecule has 0 aliphatic carbocycles. The quantitative estimate of drug-likeness (QED) is 0.624. The molecule has 6 heteroatoms. The Labute approximate surface area is 130 Å². The molecule has 0 aromatic heterocycles. The van der Waals surface area contributed by atoms with E-state index in [-0.39, 0.29) is 12.6 Å². The Morgan fingerprint density at radius 2 is 1.82 bits per heavy atom. The molecule has 0 saturated heterocycles. The van der Waals surface area contributed by atoms with Crippen molar-refractivity contribution < 1.29 is 19.5 Å². The minimum absolute atomic E-state index is 0.0368. The number of carbonyl (C=O) groups excluding carboxylic acids is 2. The van der Waals surface area contributed by atoms with Gasteiger partial charge in [-0.3, -0.25) is 9.59 Å². The second-order valence-corrected chi connectivity index (χ2v) is 5.05. The number of nitrogens with one attached hydrogen (secondary N) is 1. The van der Waals surface area contributed by atoms with Crippen molar-refractivity contribution in [2.45, 2.75) is 39.2 Å². The lowest BCUT2D eigenvalue weighted by atomic mass is 10.1. The molecule has 0 bridgehead atoms. The second-order valence-electron chi connectivity index (χ2n) is 5.05. The predicted octanol–water partition coefficient (Wildman–Crippen LogP) is 2.56. The molecule has 0 saturated carbocycles. The van der Waals surface area contributed by atoms with Gasteiger partial charge in [0.15, 0.2) is 0 Å². The molecule has 120 valence electrons.